The molecule has 110 valence electrons. The van der Waals surface area contributed by atoms with Gasteiger partial charge in [0.25, 0.3) is 0 Å². The summed E-state index contributed by atoms with van der Waals surface area (Å²) in [7, 11) is 0. The third-order valence-electron chi connectivity index (χ3n) is 2.96. The lowest BCUT2D eigenvalue weighted by Gasteiger charge is -2.39. The van der Waals surface area contributed by atoms with Crippen molar-refractivity contribution in [3.8, 4) is 0 Å². The molecule has 1 heterocycles. The molecule has 1 rings (SSSR count). The summed E-state index contributed by atoms with van der Waals surface area (Å²) in [5.41, 5.74) is -0.0383. The first kappa shape index (κ1) is 16.3. The van der Waals surface area contributed by atoms with Gasteiger partial charge in [0.15, 0.2) is 0 Å². The molecular formula is C13H22O5S. The molecule has 0 amide bonds. The maximum absolute atomic E-state index is 11.1. The van der Waals surface area contributed by atoms with Crippen molar-refractivity contribution in [3.05, 3.63) is 0 Å². The molecule has 0 spiro atoms. The maximum Gasteiger partial charge on any atom is 0.302 e. The molecule has 1 aliphatic heterocycles. The van der Waals surface area contributed by atoms with Crippen LogP contribution in [0.25, 0.3) is 0 Å². The Kier molecular flexibility index (Phi) is 6.65. The summed E-state index contributed by atoms with van der Waals surface area (Å²) < 4.78 is 16.2. The summed E-state index contributed by atoms with van der Waals surface area (Å²) in [4.78, 5) is 22.0. The van der Waals surface area contributed by atoms with Crippen molar-refractivity contribution in [2.24, 2.45) is 5.92 Å². The lowest BCUT2D eigenvalue weighted by atomic mass is 9.96. The zero-order valence-corrected chi connectivity index (χ0v) is 12.7. The molecule has 0 radical (unpaired) electrons. The van der Waals surface area contributed by atoms with Crippen LogP contribution < -0.4 is 0 Å². The second-order valence-corrected chi connectivity index (χ2v) is 6.00. The first-order valence-electron chi connectivity index (χ1n) is 6.51. The zero-order chi connectivity index (χ0) is 14.4. The fourth-order valence-electron chi connectivity index (χ4n) is 2.06. The van der Waals surface area contributed by atoms with Crippen LogP contribution in [0.15, 0.2) is 0 Å². The van der Waals surface area contributed by atoms with Crippen LogP contribution in [-0.4, -0.2) is 41.9 Å². The molecule has 5 nitrogen and oxygen atoms in total. The number of hydrogen-bond acceptors (Lipinski definition) is 6. The molecular weight excluding hydrogens is 268 g/mol. The first-order valence-corrected chi connectivity index (χ1v) is 7.56. The molecule has 1 saturated heterocycles. The maximum atomic E-state index is 11.1. The summed E-state index contributed by atoms with van der Waals surface area (Å²) in [5, 5.41) is 0. The summed E-state index contributed by atoms with van der Waals surface area (Å²) in [6.07, 6.45) is 0.166. The van der Waals surface area contributed by atoms with Crippen LogP contribution in [0.3, 0.4) is 0 Å². The third-order valence-corrected chi connectivity index (χ3v) is 4.16. The number of ether oxygens (including phenoxy) is 3. The molecule has 1 fully saturated rings. The molecule has 0 aromatic rings. The van der Waals surface area contributed by atoms with E-state index in [0.717, 1.165) is 5.75 Å². The molecule has 0 saturated carbocycles. The van der Waals surface area contributed by atoms with E-state index in [1.54, 1.807) is 11.8 Å². The van der Waals surface area contributed by atoms with E-state index in [1.807, 2.05) is 6.92 Å². The molecule has 6 heteroatoms. The normalized spacial score (nSPS) is 30.7. The van der Waals surface area contributed by atoms with Gasteiger partial charge in [0.1, 0.15) is 18.1 Å². The van der Waals surface area contributed by atoms with E-state index in [0.29, 0.717) is 6.42 Å². The molecule has 0 bridgehead atoms. The van der Waals surface area contributed by atoms with Gasteiger partial charge in [-0.1, -0.05) is 13.8 Å². The van der Waals surface area contributed by atoms with E-state index < -0.39 is 0 Å². The smallest absolute Gasteiger partial charge is 0.302 e. The van der Waals surface area contributed by atoms with E-state index in [-0.39, 0.29) is 42.1 Å². The Labute approximate surface area is 118 Å². The zero-order valence-electron chi connectivity index (χ0n) is 11.9. The van der Waals surface area contributed by atoms with Crippen molar-refractivity contribution in [2.45, 2.75) is 51.8 Å². The Hall–Kier alpha value is -0.750. The topological polar surface area (TPSA) is 61.8 Å². The minimum Gasteiger partial charge on any atom is -0.463 e. The van der Waals surface area contributed by atoms with Crippen LogP contribution in [0.1, 0.15) is 34.1 Å². The Morgan fingerprint density at radius 1 is 1.32 bits per heavy atom. The average molecular weight is 290 g/mol. The van der Waals surface area contributed by atoms with E-state index >= 15 is 0 Å². The molecule has 1 aliphatic rings. The van der Waals surface area contributed by atoms with Gasteiger partial charge in [0, 0.05) is 26.2 Å². The number of thioether (sulfide) groups is 1. The largest absolute Gasteiger partial charge is 0.463 e. The van der Waals surface area contributed by atoms with Gasteiger partial charge in [-0.15, -0.1) is 11.8 Å². The fourth-order valence-corrected chi connectivity index (χ4v) is 3.10. The molecule has 2 unspecified atom stereocenters. The Balaban J connectivity index is 2.64. The molecule has 19 heavy (non-hydrogen) atoms. The van der Waals surface area contributed by atoms with Crippen LogP contribution in [0.4, 0.5) is 0 Å². The van der Waals surface area contributed by atoms with Gasteiger partial charge < -0.3 is 14.2 Å². The quantitative estimate of drug-likeness (QED) is 0.722. The van der Waals surface area contributed by atoms with Gasteiger partial charge in [-0.3, -0.25) is 9.59 Å². The van der Waals surface area contributed by atoms with Crippen LogP contribution in [-0.2, 0) is 23.8 Å². The molecule has 0 aliphatic carbocycles. The SMILES string of the molecule is CCS[C@@H]1OC(COC(C)=O)C[C@H](OC(C)=O)C1C. The number of hydrogen-bond donors (Lipinski definition) is 0. The van der Waals surface area contributed by atoms with Gasteiger partial charge in [-0.05, 0) is 5.75 Å². The van der Waals surface area contributed by atoms with Crippen LogP contribution >= 0.6 is 11.8 Å². The standard InChI is InChI=1S/C13H22O5S/c1-5-19-13-8(2)12(17-10(4)15)6-11(18-13)7-16-9(3)14/h8,11-13H,5-7H2,1-4H3/t8?,11?,12-,13-/m0/s1. The highest BCUT2D eigenvalue weighted by atomic mass is 32.2. The van der Waals surface area contributed by atoms with E-state index in [1.165, 1.54) is 13.8 Å². The van der Waals surface area contributed by atoms with Gasteiger partial charge >= 0.3 is 11.9 Å². The van der Waals surface area contributed by atoms with Crippen molar-refractivity contribution in [3.63, 3.8) is 0 Å². The summed E-state index contributed by atoms with van der Waals surface area (Å²) in [6, 6.07) is 0. The van der Waals surface area contributed by atoms with Gasteiger partial charge in [0.05, 0.1) is 6.10 Å². The fraction of sp³-hybridized carbons (Fsp3) is 0.846. The van der Waals surface area contributed by atoms with Crippen molar-refractivity contribution in [2.75, 3.05) is 12.4 Å². The Bertz CT molecular complexity index is 320. The molecule has 0 aromatic heterocycles. The van der Waals surface area contributed by atoms with Crippen molar-refractivity contribution < 1.29 is 23.8 Å². The van der Waals surface area contributed by atoms with Crippen LogP contribution in [0.2, 0.25) is 0 Å². The third kappa shape index (κ3) is 5.40. The lowest BCUT2D eigenvalue weighted by molar-refractivity contribution is -0.170. The minimum atomic E-state index is -0.328. The van der Waals surface area contributed by atoms with Gasteiger partial charge in [0.2, 0.25) is 0 Å². The highest BCUT2D eigenvalue weighted by Gasteiger charge is 2.38. The number of esters is 2. The second-order valence-electron chi connectivity index (χ2n) is 4.63. The van der Waals surface area contributed by atoms with Crippen molar-refractivity contribution >= 4 is 23.7 Å². The number of carbonyl (C=O) groups is 2. The summed E-state index contributed by atoms with van der Waals surface area (Å²) >= 11 is 1.68. The first-order chi connectivity index (χ1) is 8.93. The summed E-state index contributed by atoms with van der Waals surface area (Å²) in [5.74, 6) is 0.431. The van der Waals surface area contributed by atoms with Gasteiger partial charge in [-0.2, -0.15) is 0 Å². The molecule has 0 aromatic carbocycles. The van der Waals surface area contributed by atoms with E-state index in [2.05, 4.69) is 6.92 Å². The second kappa shape index (κ2) is 7.75. The monoisotopic (exact) mass is 290 g/mol. The number of carbonyl (C=O) groups excluding carboxylic acids is 2. The van der Waals surface area contributed by atoms with E-state index in [4.69, 9.17) is 14.2 Å². The van der Waals surface area contributed by atoms with Crippen molar-refractivity contribution in [1.29, 1.82) is 0 Å². The lowest BCUT2D eigenvalue weighted by Crippen LogP contribution is -2.45. The Morgan fingerprint density at radius 3 is 2.53 bits per heavy atom. The molecule has 0 N–H and O–H groups in total. The highest BCUT2D eigenvalue weighted by Crippen LogP contribution is 2.34. The predicted octanol–water partition coefficient (Wildman–Crippen LogP) is 1.99. The Morgan fingerprint density at radius 2 is 2.00 bits per heavy atom. The number of rotatable bonds is 5. The van der Waals surface area contributed by atoms with Crippen LogP contribution in [0.5, 0.6) is 0 Å². The van der Waals surface area contributed by atoms with Crippen LogP contribution in [0, 0.1) is 5.92 Å². The van der Waals surface area contributed by atoms with Gasteiger partial charge in [-0.25, -0.2) is 0 Å². The minimum absolute atomic E-state index is 0.0383. The highest BCUT2D eigenvalue weighted by molar-refractivity contribution is 7.99. The summed E-state index contributed by atoms with van der Waals surface area (Å²) in [6.45, 7) is 7.05. The average Bonchev–Trinajstić information content (AvgIpc) is 2.31. The van der Waals surface area contributed by atoms with Crippen molar-refractivity contribution in [1.82, 2.24) is 0 Å². The predicted molar refractivity (Wildman–Crippen MR) is 72.8 cm³/mol. The van der Waals surface area contributed by atoms with E-state index in [9.17, 15) is 9.59 Å². The molecule has 4 atom stereocenters.